The van der Waals surface area contributed by atoms with Gasteiger partial charge in [0.15, 0.2) is 5.78 Å². The van der Waals surface area contributed by atoms with E-state index in [2.05, 4.69) is 0 Å². The van der Waals surface area contributed by atoms with Gasteiger partial charge in [0.2, 0.25) is 0 Å². The SMILES string of the molecule is CCc1cc(OC)c(Cl)cc1C(=O)CN. The van der Waals surface area contributed by atoms with Crippen LogP contribution < -0.4 is 10.5 Å². The van der Waals surface area contributed by atoms with E-state index in [0.29, 0.717) is 16.3 Å². The number of carbonyl (C=O) groups excluding carboxylic acids is 1. The average Bonchev–Trinajstić information content (AvgIpc) is 2.27. The fourth-order valence-corrected chi connectivity index (χ4v) is 1.65. The van der Waals surface area contributed by atoms with Gasteiger partial charge in [0.05, 0.1) is 18.7 Å². The van der Waals surface area contributed by atoms with Crippen molar-refractivity contribution >= 4 is 17.4 Å². The van der Waals surface area contributed by atoms with Gasteiger partial charge in [0.25, 0.3) is 0 Å². The molecule has 0 aliphatic heterocycles. The lowest BCUT2D eigenvalue weighted by atomic mass is 10.0. The van der Waals surface area contributed by atoms with Gasteiger partial charge in [-0.05, 0) is 24.1 Å². The molecular weight excluding hydrogens is 214 g/mol. The van der Waals surface area contributed by atoms with Crippen LogP contribution in [0.3, 0.4) is 0 Å². The van der Waals surface area contributed by atoms with Crippen molar-refractivity contribution in [1.29, 1.82) is 0 Å². The van der Waals surface area contributed by atoms with Gasteiger partial charge in [-0.25, -0.2) is 0 Å². The highest BCUT2D eigenvalue weighted by Crippen LogP contribution is 2.28. The van der Waals surface area contributed by atoms with E-state index in [1.54, 1.807) is 19.2 Å². The number of methoxy groups -OCH3 is 1. The zero-order chi connectivity index (χ0) is 11.4. The number of ketones is 1. The minimum absolute atomic E-state index is 0.00431. The Morgan fingerprint density at radius 1 is 1.53 bits per heavy atom. The highest BCUT2D eigenvalue weighted by molar-refractivity contribution is 6.32. The Hall–Kier alpha value is -1.06. The van der Waals surface area contributed by atoms with Crippen LogP contribution >= 0.6 is 11.6 Å². The molecule has 0 atom stereocenters. The van der Waals surface area contributed by atoms with E-state index in [1.165, 1.54) is 0 Å². The Bertz CT molecular complexity index is 377. The predicted octanol–water partition coefficient (Wildman–Crippen LogP) is 2.05. The van der Waals surface area contributed by atoms with Crippen molar-refractivity contribution in [2.24, 2.45) is 5.73 Å². The lowest BCUT2D eigenvalue weighted by Gasteiger charge is -2.10. The van der Waals surface area contributed by atoms with Crippen LogP contribution in [0.2, 0.25) is 5.02 Å². The fourth-order valence-electron chi connectivity index (χ4n) is 1.41. The number of ether oxygens (including phenoxy) is 1. The molecule has 0 aliphatic rings. The third kappa shape index (κ3) is 2.49. The van der Waals surface area contributed by atoms with Crippen LogP contribution in [-0.4, -0.2) is 19.4 Å². The number of aryl methyl sites for hydroxylation is 1. The van der Waals surface area contributed by atoms with Crippen molar-refractivity contribution in [3.8, 4) is 5.75 Å². The standard InChI is InChI=1S/C11H14ClNO2/c1-3-7-4-11(15-2)9(12)5-8(7)10(14)6-13/h4-5H,3,6,13H2,1-2H3. The van der Waals surface area contributed by atoms with Crippen LogP contribution in [0.1, 0.15) is 22.8 Å². The van der Waals surface area contributed by atoms with Gasteiger partial charge in [0.1, 0.15) is 5.75 Å². The second-order valence-electron chi connectivity index (χ2n) is 3.12. The molecule has 15 heavy (non-hydrogen) atoms. The fraction of sp³-hybridized carbons (Fsp3) is 0.364. The van der Waals surface area contributed by atoms with Gasteiger partial charge in [0, 0.05) is 5.56 Å². The summed E-state index contributed by atoms with van der Waals surface area (Å²) < 4.78 is 5.08. The number of carbonyl (C=O) groups is 1. The largest absolute Gasteiger partial charge is 0.495 e. The van der Waals surface area contributed by atoms with Crippen molar-refractivity contribution in [1.82, 2.24) is 0 Å². The Kier molecular flexibility index (Phi) is 4.12. The van der Waals surface area contributed by atoms with Crippen LogP contribution in [0.5, 0.6) is 5.75 Å². The quantitative estimate of drug-likeness (QED) is 0.801. The molecule has 0 aromatic heterocycles. The van der Waals surface area contributed by atoms with Crippen LogP contribution in [0.25, 0.3) is 0 Å². The first-order valence-electron chi connectivity index (χ1n) is 4.73. The monoisotopic (exact) mass is 227 g/mol. The van der Waals surface area contributed by atoms with Crippen LogP contribution in [0.15, 0.2) is 12.1 Å². The Balaban J connectivity index is 3.27. The Labute approximate surface area is 94.2 Å². The Morgan fingerprint density at radius 3 is 2.67 bits per heavy atom. The first-order valence-corrected chi connectivity index (χ1v) is 5.11. The summed E-state index contributed by atoms with van der Waals surface area (Å²) in [5, 5.41) is 0.437. The summed E-state index contributed by atoms with van der Waals surface area (Å²) in [5.74, 6) is 0.485. The molecule has 3 nitrogen and oxygen atoms in total. The molecule has 1 aromatic carbocycles. The van der Waals surface area contributed by atoms with Gasteiger partial charge in [-0.2, -0.15) is 0 Å². The molecule has 0 saturated carbocycles. The molecule has 0 spiro atoms. The van der Waals surface area contributed by atoms with E-state index in [4.69, 9.17) is 22.1 Å². The third-order valence-corrected chi connectivity index (χ3v) is 2.54. The third-order valence-electron chi connectivity index (χ3n) is 2.24. The van der Waals surface area contributed by atoms with E-state index in [-0.39, 0.29) is 12.3 Å². The molecule has 0 aliphatic carbocycles. The van der Waals surface area contributed by atoms with Crippen molar-refractivity contribution in [3.63, 3.8) is 0 Å². The summed E-state index contributed by atoms with van der Waals surface area (Å²) in [7, 11) is 1.55. The highest BCUT2D eigenvalue weighted by atomic mass is 35.5. The highest BCUT2D eigenvalue weighted by Gasteiger charge is 2.12. The predicted molar refractivity (Wildman–Crippen MR) is 60.8 cm³/mol. The molecule has 0 amide bonds. The maximum absolute atomic E-state index is 11.5. The molecule has 0 heterocycles. The van der Waals surface area contributed by atoms with Crippen LogP contribution in [0.4, 0.5) is 0 Å². The van der Waals surface area contributed by atoms with E-state index in [0.717, 1.165) is 12.0 Å². The first-order chi connectivity index (χ1) is 7.13. The summed E-state index contributed by atoms with van der Waals surface area (Å²) in [6, 6.07) is 3.40. The van der Waals surface area contributed by atoms with Gasteiger partial charge in [-0.15, -0.1) is 0 Å². The number of rotatable bonds is 4. The van der Waals surface area contributed by atoms with E-state index in [1.807, 2.05) is 6.92 Å². The lowest BCUT2D eigenvalue weighted by Crippen LogP contribution is -2.15. The summed E-state index contributed by atoms with van der Waals surface area (Å²) in [6.45, 7) is 1.96. The number of hydrogen-bond acceptors (Lipinski definition) is 3. The second-order valence-corrected chi connectivity index (χ2v) is 3.53. The van der Waals surface area contributed by atoms with Crippen LogP contribution in [0, 0.1) is 0 Å². The van der Waals surface area contributed by atoms with E-state index in [9.17, 15) is 4.79 Å². The molecule has 0 bridgehead atoms. The topological polar surface area (TPSA) is 52.3 Å². The normalized spacial score (nSPS) is 10.1. The smallest absolute Gasteiger partial charge is 0.176 e. The summed E-state index contributed by atoms with van der Waals surface area (Å²) in [6.07, 6.45) is 0.745. The molecule has 0 unspecified atom stereocenters. The van der Waals surface area contributed by atoms with E-state index < -0.39 is 0 Å². The van der Waals surface area contributed by atoms with Gasteiger partial charge >= 0.3 is 0 Å². The molecule has 82 valence electrons. The Morgan fingerprint density at radius 2 is 2.20 bits per heavy atom. The lowest BCUT2D eigenvalue weighted by molar-refractivity contribution is 0.100. The maximum Gasteiger partial charge on any atom is 0.176 e. The summed E-state index contributed by atoms with van der Waals surface area (Å²) in [4.78, 5) is 11.5. The van der Waals surface area contributed by atoms with Crippen molar-refractivity contribution < 1.29 is 9.53 Å². The molecular formula is C11H14ClNO2. The first kappa shape index (κ1) is 12.0. The summed E-state index contributed by atoms with van der Waals surface area (Å²) in [5.41, 5.74) is 6.82. The minimum Gasteiger partial charge on any atom is -0.495 e. The van der Waals surface area contributed by atoms with Crippen molar-refractivity contribution in [2.45, 2.75) is 13.3 Å². The van der Waals surface area contributed by atoms with E-state index >= 15 is 0 Å². The number of nitrogens with two attached hydrogens (primary N) is 1. The number of benzene rings is 1. The minimum atomic E-state index is -0.101. The van der Waals surface area contributed by atoms with Crippen molar-refractivity contribution in [2.75, 3.05) is 13.7 Å². The molecule has 4 heteroatoms. The van der Waals surface area contributed by atoms with Crippen molar-refractivity contribution in [3.05, 3.63) is 28.3 Å². The zero-order valence-corrected chi connectivity index (χ0v) is 9.60. The van der Waals surface area contributed by atoms with Gasteiger partial charge < -0.3 is 10.5 Å². The number of halogens is 1. The average molecular weight is 228 g/mol. The number of hydrogen-bond donors (Lipinski definition) is 1. The molecule has 1 aromatic rings. The second kappa shape index (κ2) is 5.14. The molecule has 0 radical (unpaired) electrons. The molecule has 1 rings (SSSR count). The molecule has 2 N–H and O–H groups in total. The summed E-state index contributed by atoms with van der Waals surface area (Å²) >= 11 is 5.94. The number of Topliss-reactive ketones (excluding diaryl/α,β-unsaturated/α-hetero) is 1. The van der Waals surface area contributed by atoms with Crippen LogP contribution in [-0.2, 0) is 6.42 Å². The van der Waals surface area contributed by atoms with Gasteiger partial charge in [-0.1, -0.05) is 18.5 Å². The zero-order valence-electron chi connectivity index (χ0n) is 8.84. The maximum atomic E-state index is 11.5. The van der Waals surface area contributed by atoms with Gasteiger partial charge in [-0.3, -0.25) is 4.79 Å². The molecule has 0 saturated heterocycles. The molecule has 0 fully saturated rings.